The number of nitrogens with one attached hydrogen (secondary N) is 3. The molecule has 1 aromatic rings. The average Bonchev–Trinajstić information content (AvgIpc) is 2.65. The normalized spacial score (nSPS) is 21.1. The lowest BCUT2D eigenvalue weighted by Crippen LogP contribution is -2.54. The second-order valence-electron chi connectivity index (χ2n) is 5.29. The van der Waals surface area contributed by atoms with Crippen LogP contribution in [0.1, 0.15) is 20.3 Å². The number of hydrogen-bond acceptors (Lipinski definition) is 4. The Morgan fingerprint density at radius 2 is 2.00 bits per heavy atom. The summed E-state index contributed by atoms with van der Waals surface area (Å²) in [7, 11) is 2.12. The molecule has 0 spiro atoms. The Labute approximate surface area is 114 Å². The highest BCUT2D eigenvalue weighted by atomic mass is 19.1. The summed E-state index contributed by atoms with van der Waals surface area (Å²) < 4.78 is 13.2. The van der Waals surface area contributed by atoms with E-state index in [1.54, 1.807) is 6.07 Å². The Kier molecular flexibility index (Phi) is 4.27. The Morgan fingerprint density at radius 1 is 1.26 bits per heavy atom. The van der Waals surface area contributed by atoms with Gasteiger partial charge in [-0.05, 0) is 45.1 Å². The van der Waals surface area contributed by atoms with E-state index in [2.05, 4.69) is 34.8 Å². The van der Waals surface area contributed by atoms with Crippen molar-refractivity contribution in [2.45, 2.75) is 26.1 Å². The molecule has 0 amide bonds. The number of benzene rings is 1. The number of fused-ring (bicyclic) bond motifs is 1. The Balaban J connectivity index is 1.86. The van der Waals surface area contributed by atoms with Gasteiger partial charge in [0.05, 0.1) is 11.4 Å². The van der Waals surface area contributed by atoms with Crippen LogP contribution in [0.25, 0.3) is 0 Å². The molecule has 2 rings (SSSR count). The van der Waals surface area contributed by atoms with E-state index in [4.69, 9.17) is 0 Å². The highest BCUT2D eigenvalue weighted by molar-refractivity contribution is 5.75. The molecule has 1 heterocycles. The zero-order chi connectivity index (χ0) is 13.9. The maximum atomic E-state index is 13.2. The zero-order valence-electron chi connectivity index (χ0n) is 11.9. The molecule has 1 unspecified atom stereocenters. The molecule has 0 bridgehead atoms. The summed E-state index contributed by atoms with van der Waals surface area (Å²) in [6, 6.07) is 4.74. The first-order valence-corrected chi connectivity index (χ1v) is 6.82. The summed E-state index contributed by atoms with van der Waals surface area (Å²) in [5.74, 6) is -0.636. The van der Waals surface area contributed by atoms with Crippen LogP contribution in [0.2, 0.25) is 0 Å². The summed E-state index contributed by atoms with van der Waals surface area (Å²) in [6.45, 7) is 7.15. The number of halogens is 1. The van der Waals surface area contributed by atoms with Crippen LogP contribution in [0.4, 0.5) is 15.8 Å². The van der Waals surface area contributed by atoms with Crippen molar-refractivity contribution in [2.75, 3.05) is 37.3 Å². The fraction of sp³-hybridized carbons (Fsp3) is 0.571. The molecular formula is C14H23FN4. The molecule has 0 radical (unpaired) electrons. The zero-order valence-corrected chi connectivity index (χ0v) is 11.9. The van der Waals surface area contributed by atoms with E-state index < -0.39 is 5.79 Å². The van der Waals surface area contributed by atoms with E-state index in [0.29, 0.717) is 0 Å². The molecule has 0 fully saturated rings. The molecule has 3 N–H and O–H groups in total. The predicted octanol–water partition coefficient (Wildman–Crippen LogP) is 2.27. The largest absolute Gasteiger partial charge is 0.349 e. The van der Waals surface area contributed by atoms with Gasteiger partial charge in [0, 0.05) is 13.1 Å². The molecule has 4 nitrogen and oxygen atoms in total. The summed E-state index contributed by atoms with van der Waals surface area (Å²) in [4.78, 5) is 2.29. The number of hydrogen-bond donors (Lipinski definition) is 3. The highest BCUT2D eigenvalue weighted by Gasteiger charge is 2.30. The highest BCUT2D eigenvalue weighted by Crippen LogP contribution is 2.32. The quantitative estimate of drug-likeness (QED) is 0.738. The molecule has 5 heteroatoms. The first kappa shape index (κ1) is 14.1. The van der Waals surface area contributed by atoms with Crippen LogP contribution in [0.5, 0.6) is 0 Å². The number of nitrogens with zero attached hydrogens (tertiary/aromatic N) is 1. The molecule has 106 valence electrons. The van der Waals surface area contributed by atoms with E-state index in [0.717, 1.165) is 37.4 Å². The van der Waals surface area contributed by atoms with E-state index >= 15 is 0 Å². The van der Waals surface area contributed by atoms with Crippen molar-refractivity contribution in [3.05, 3.63) is 24.0 Å². The summed E-state index contributed by atoms with van der Waals surface area (Å²) in [5.41, 5.74) is 1.73. The Hall–Kier alpha value is -1.33. The molecule has 0 saturated heterocycles. The molecule has 1 aliphatic heterocycles. The van der Waals surface area contributed by atoms with E-state index in [1.165, 1.54) is 12.1 Å². The van der Waals surface area contributed by atoms with Gasteiger partial charge in [-0.25, -0.2) is 4.39 Å². The van der Waals surface area contributed by atoms with Crippen molar-refractivity contribution in [3.63, 3.8) is 0 Å². The van der Waals surface area contributed by atoms with Crippen LogP contribution in [0.3, 0.4) is 0 Å². The molecular weight excluding hydrogens is 243 g/mol. The first-order valence-electron chi connectivity index (χ1n) is 6.82. The van der Waals surface area contributed by atoms with Gasteiger partial charge in [-0.1, -0.05) is 6.92 Å². The van der Waals surface area contributed by atoms with Crippen molar-refractivity contribution in [1.29, 1.82) is 0 Å². The SMILES string of the molecule is CCCN(C)CCNC1(C)Nc2ccc(F)cc2N1. The van der Waals surface area contributed by atoms with Gasteiger partial charge in [0.2, 0.25) is 0 Å². The summed E-state index contributed by atoms with van der Waals surface area (Å²) in [5, 5.41) is 10.0. The third-order valence-corrected chi connectivity index (χ3v) is 3.33. The Morgan fingerprint density at radius 3 is 2.74 bits per heavy atom. The molecule has 0 aliphatic carbocycles. The maximum Gasteiger partial charge on any atom is 0.161 e. The monoisotopic (exact) mass is 266 g/mol. The third kappa shape index (κ3) is 3.58. The van der Waals surface area contributed by atoms with Crippen molar-refractivity contribution in [2.24, 2.45) is 0 Å². The topological polar surface area (TPSA) is 39.3 Å². The van der Waals surface area contributed by atoms with E-state index in [9.17, 15) is 4.39 Å². The lowest BCUT2D eigenvalue weighted by molar-refractivity contribution is 0.316. The second kappa shape index (κ2) is 5.75. The standard InChI is InChI=1S/C14H23FN4/c1-4-8-19(3)9-7-16-14(2)17-12-6-5-11(15)10-13(12)18-14/h5-6,10,16-18H,4,7-9H2,1-3H3. The van der Waals surface area contributed by atoms with E-state index in [-0.39, 0.29) is 5.82 Å². The summed E-state index contributed by atoms with van der Waals surface area (Å²) >= 11 is 0. The molecule has 1 aromatic carbocycles. The van der Waals surface area contributed by atoms with Crippen LogP contribution in [-0.4, -0.2) is 37.4 Å². The maximum absolute atomic E-state index is 13.2. The van der Waals surface area contributed by atoms with Gasteiger partial charge >= 0.3 is 0 Å². The smallest absolute Gasteiger partial charge is 0.161 e. The third-order valence-electron chi connectivity index (χ3n) is 3.33. The van der Waals surface area contributed by atoms with Crippen molar-refractivity contribution in [3.8, 4) is 0 Å². The number of rotatable bonds is 6. The van der Waals surface area contributed by atoms with Gasteiger partial charge < -0.3 is 15.5 Å². The molecule has 1 atom stereocenters. The van der Waals surface area contributed by atoms with Crippen molar-refractivity contribution < 1.29 is 4.39 Å². The minimum absolute atomic E-state index is 0.222. The minimum atomic E-state index is -0.414. The lowest BCUT2D eigenvalue weighted by Gasteiger charge is -2.28. The van der Waals surface area contributed by atoms with Crippen molar-refractivity contribution in [1.82, 2.24) is 10.2 Å². The van der Waals surface area contributed by atoms with Crippen molar-refractivity contribution >= 4 is 11.4 Å². The van der Waals surface area contributed by atoms with Gasteiger partial charge in [-0.3, -0.25) is 5.32 Å². The van der Waals surface area contributed by atoms with Crippen LogP contribution in [-0.2, 0) is 0 Å². The van der Waals surface area contributed by atoms with Crippen LogP contribution in [0, 0.1) is 5.82 Å². The Bertz CT molecular complexity index is 437. The molecule has 19 heavy (non-hydrogen) atoms. The van der Waals surface area contributed by atoms with Crippen LogP contribution >= 0.6 is 0 Å². The fourth-order valence-corrected chi connectivity index (χ4v) is 2.38. The number of anilines is 2. The average molecular weight is 266 g/mol. The van der Waals surface area contributed by atoms with Gasteiger partial charge in [-0.15, -0.1) is 0 Å². The first-order chi connectivity index (χ1) is 9.02. The second-order valence-corrected chi connectivity index (χ2v) is 5.29. The van der Waals surface area contributed by atoms with Gasteiger partial charge in [0.15, 0.2) is 5.79 Å². The van der Waals surface area contributed by atoms with Crippen LogP contribution < -0.4 is 16.0 Å². The van der Waals surface area contributed by atoms with Crippen LogP contribution in [0.15, 0.2) is 18.2 Å². The van der Waals surface area contributed by atoms with Gasteiger partial charge in [0.25, 0.3) is 0 Å². The van der Waals surface area contributed by atoms with E-state index in [1.807, 2.05) is 6.92 Å². The lowest BCUT2D eigenvalue weighted by atomic mass is 10.3. The molecule has 0 saturated carbocycles. The molecule has 0 aromatic heterocycles. The fourth-order valence-electron chi connectivity index (χ4n) is 2.38. The number of likely N-dealkylation sites (N-methyl/N-ethyl adjacent to an activating group) is 1. The van der Waals surface area contributed by atoms with Gasteiger partial charge in [-0.2, -0.15) is 0 Å². The summed E-state index contributed by atoms with van der Waals surface area (Å²) in [6.07, 6.45) is 1.16. The predicted molar refractivity (Wildman–Crippen MR) is 77.8 cm³/mol. The van der Waals surface area contributed by atoms with Gasteiger partial charge in [0.1, 0.15) is 5.82 Å². The molecule has 1 aliphatic rings. The minimum Gasteiger partial charge on any atom is -0.349 e.